The predicted molar refractivity (Wildman–Crippen MR) is 115 cm³/mol. The van der Waals surface area contributed by atoms with Crippen LogP contribution >= 0.6 is 11.3 Å². The summed E-state index contributed by atoms with van der Waals surface area (Å²) in [6, 6.07) is 17.8. The van der Waals surface area contributed by atoms with Gasteiger partial charge in [-0.15, -0.1) is 11.3 Å². The first-order valence-electron chi connectivity index (χ1n) is 9.56. The van der Waals surface area contributed by atoms with Gasteiger partial charge in [0.15, 0.2) is 6.61 Å². The Bertz CT molecular complexity index is 1110. The minimum atomic E-state index is -0.867. The second kappa shape index (κ2) is 9.09. The van der Waals surface area contributed by atoms with Gasteiger partial charge in [0.05, 0.1) is 18.9 Å². The van der Waals surface area contributed by atoms with E-state index in [1.165, 1.54) is 16.5 Å². The van der Waals surface area contributed by atoms with Crippen molar-refractivity contribution >= 4 is 28.9 Å². The van der Waals surface area contributed by atoms with Gasteiger partial charge in [0.2, 0.25) is 0 Å². The molecule has 8 heteroatoms. The third-order valence-electron chi connectivity index (χ3n) is 4.90. The quantitative estimate of drug-likeness (QED) is 0.534. The van der Waals surface area contributed by atoms with Crippen LogP contribution in [0.1, 0.15) is 33.3 Å². The zero-order valence-corrected chi connectivity index (χ0v) is 17.5. The van der Waals surface area contributed by atoms with Gasteiger partial charge in [0, 0.05) is 6.42 Å². The van der Waals surface area contributed by atoms with Crippen LogP contribution in [0.3, 0.4) is 0 Å². The monoisotopic (exact) mass is 438 g/mol. The van der Waals surface area contributed by atoms with Gasteiger partial charge in [-0.05, 0) is 34.7 Å². The van der Waals surface area contributed by atoms with Gasteiger partial charge >= 0.3 is 5.97 Å². The van der Waals surface area contributed by atoms with Crippen LogP contribution in [0.4, 0.5) is 4.39 Å². The lowest BCUT2D eigenvalue weighted by atomic mass is 9.98. The molecule has 4 rings (SSSR count). The van der Waals surface area contributed by atoms with E-state index in [1.54, 1.807) is 7.11 Å². The molecule has 0 fully saturated rings. The number of esters is 1. The average Bonchev–Trinajstić information content (AvgIpc) is 3.45. The Morgan fingerprint density at radius 1 is 1.13 bits per heavy atom. The number of halogens is 1. The predicted octanol–water partition coefficient (Wildman–Crippen LogP) is 4.43. The highest BCUT2D eigenvalue weighted by atomic mass is 32.1. The third kappa shape index (κ3) is 4.49. The molecule has 1 unspecified atom stereocenters. The van der Waals surface area contributed by atoms with Crippen molar-refractivity contribution in [2.75, 3.05) is 13.7 Å². The van der Waals surface area contributed by atoms with Crippen molar-refractivity contribution < 1.29 is 23.5 Å². The molecular formula is C23H19FN2O4S. The van der Waals surface area contributed by atoms with E-state index in [0.29, 0.717) is 12.2 Å². The molecule has 31 heavy (non-hydrogen) atoms. The van der Waals surface area contributed by atoms with E-state index in [4.69, 9.17) is 9.47 Å². The summed E-state index contributed by atoms with van der Waals surface area (Å²) in [5, 5.41) is 7.31. The molecule has 0 radical (unpaired) electrons. The Morgan fingerprint density at radius 2 is 1.87 bits per heavy atom. The number of benzene rings is 2. The fraction of sp³-hybridized carbons (Fsp3) is 0.174. The Kier molecular flexibility index (Phi) is 6.08. The minimum absolute atomic E-state index is 0.158. The van der Waals surface area contributed by atoms with Crippen LogP contribution in [0.2, 0.25) is 0 Å². The van der Waals surface area contributed by atoms with Crippen LogP contribution in [0, 0.1) is 5.82 Å². The Labute approximate surface area is 182 Å². The summed E-state index contributed by atoms with van der Waals surface area (Å²) in [6.07, 6.45) is 0.510. The number of rotatable bonds is 6. The molecular weight excluding hydrogens is 419 g/mol. The summed E-state index contributed by atoms with van der Waals surface area (Å²) >= 11 is 0.926. The van der Waals surface area contributed by atoms with Gasteiger partial charge in [-0.1, -0.05) is 42.5 Å². The fourth-order valence-corrected chi connectivity index (χ4v) is 3.99. The molecule has 1 aliphatic rings. The standard InChI is InChI=1S/C23H19FN2O4S/c1-29-17-9-7-16(8-10-17)20-13-19(15-5-3-2-4-6-15)25-26(20)21(27)14-30-23(28)22-18(24)11-12-31-22/h2-12,20H,13-14H2,1H3. The molecule has 0 aliphatic carbocycles. The molecule has 0 N–H and O–H groups in total. The van der Waals surface area contributed by atoms with Gasteiger partial charge in [-0.3, -0.25) is 4.79 Å². The van der Waals surface area contributed by atoms with E-state index in [0.717, 1.165) is 28.2 Å². The van der Waals surface area contributed by atoms with Crippen molar-refractivity contribution in [2.45, 2.75) is 12.5 Å². The van der Waals surface area contributed by atoms with Gasteiger partial charge in [-0.25, -0.2) is 14.2 Å². The van der Waals surface area contributed by atoms with Gasteiger partial charge < -0.3 is 9.47 Å². The number of hydrogen-bond acceptors (Lipinski definition) is 6. The summed E-state index contributed by atoms with van der Waals surface area (Å²) in [5.41, 5.74) is 2.54. The minimum Gasteiger partial charge on any atom is -0.497 e. The van der Waals surface area contributed by atoms with Crippen molar-refractivity contribution in [3.8, 4) is 5.75 Å². The molecule has 1 aliphatic heterocycles. The summed E-state index contributed by atoms with van der Waals surface area (Å²) in [7, 11) is 1.59. The molecule has 158 valence electrons. The molecule has 2 heterocycles. The SMILES string of the molecule is COc1ccc(C2CC(c3ccccc3)=NN2C(=O)COC(=O)c2sccc2F)cc1. The van der Waals surface area contributed by atoms with Crippen molar-refractivity contribution in [1.82, 2.24) is 5.01 Å². The topological polar surface area (TPSA) is 68.2 Å². The smallest absolute Gasteiger partial charge is 0.351 e. The number of methoxy groups -OCH3 is 1. The van der Waals surface area contributed by atoms with Crippen molar-refractivity contribution in [2.24, 2.45) is 5.10 Å². The lowest BCUT2D eigenvalue weighted by molar-refractivity contribution is -0.136. The van der Waals surface area contributed by atoms with Crippen LogP contribution < -0.4 is 4.74 Å². The molecule has 0 spiro atoms. The molecule has 1 aromatic heterocycles. The lowest BCUT2D eigenvalue weighted by Gasteiger charge is -2.22. The molecule has 2 aromatic carbocycles. The number of amides is 1. The summed E-state index contributed by atoms with van der Waals surface area (Å²) in [5.74, 6) is -1.31. The number of nitrogens with zero attached hydrogens (tertiary/aromatic N) is 2. The Balaban J connectivity index is 1.55. The van der Waals surface area contributed by atoms with Crippen LogP contribution in [-0.4, -0.2) is 36.3 Å². The molecule has 3 aromatic rings. The second-order valence-electron chi connectivity index (χ2n) is 6.82. The highest BCUT2D eigenvalue weighted by molar-refractivity contribution is 7.12. The van der Waals surface area contributed by atoms with Crippen molar-refractivity contribution in [3.05, 3.63) is 87.9 Å². The average molecular weight is 438 g/mol. The van der Waals surface area contributed by atoms with Crippen molar-refractivity contribution in [3.63, 3.8) is 0 Å². The summed E-state index contributed by atoms with van der Waals surface area (Å²) in [6.45, 7) is -0.533. The van der Waals surface area contributed by atoms with Crippen LogP contribution in [-0.2, 0) is 9.53 Å². The van der Waals surface area contributed by atoms with E-state index in [2.05, 4.69) is 5.10 Å². The number of hydrazone groups is 1. The highest BCUT2D eigenvalue weighted by Gasteiger charge is 2.33. The first-order chi connectivity index (χ1) is 15.1. The number of ether oxygens (including phenoxy) is 2. The maximum absolute atomic E-state index is 13.6. The molecule has 0 saturated carbocycles. The molecule has 0 saturated heterocycles. The first kappa shape index (κ1) is 20.7. The Hall–Kier alpha value is -3.52. The van der Waals surface area contributed by atoms with Crippen LogP contribution in [0.25, 0.3) is 0 Å². The van der Waals surface area contributed by atoms with Gasteiger partial charge in [0.1, 0.15) is 16.4 Å². The third-order valence-corrected chi connectivity index (χ3v) is 5.77. The van der Waals surface area contributed by atoms with Crippen LogP contribution in [0.5, 0.6) is 5.75 Å². The maximum atomic E-state index is 13.6. The fourth-order valence-electron chi connectivity index (χ4n) is 3.33. The summed E-state index contributed by atoms with van der Waals surface area (Å²) in [4.78, 5) is 24.8. The van der Waals surface area contributed by atoms with Gasteiger partial charge in [-0.2, -0.15) is 5.10 Å². The van der Waals surface area contributed by atoms with Crippen LogP contribution in [0.15, 0.2) is 71.1 Å². The number of hydrogen-bond donors (Lipinski definition) is 0. The molecule has 0 bridgehead atoms. The maximum Gasteiger partial charge on any atom is 0.351 e. The Morgan fingerprint density at radius 3 is 2.52 bits per heavy atom. The van der Waals surface area contributed by atoms with Gasteiger partial charge in [0.25, 0.3) is 5.91 Å². The number of carbonyl (C=O) groups excluding carboxylic acids is 2. The largest absolute Gasteiger partial charge is 0.497 e. The molecule has 6 nitrogen and oxygen atoms in total. The van der Waals surface area contributed by atoms with E-state index in [-0.39, 0.29) is 10.9 Å². The zero-order chi connectivity index (χ0) is 21.8. The number of carbonyl (C=O) groups is 2. The normalized spacial score (nSPS) is 15.5. The summed E-state index contributed by atoms with van der Waals surface area (Å²) < 4.78 is 23.9. The van der Waals surface area contributed by atoms with E-state index >= 15 is 0 Å². The van der Waals surface area contributed by atoms with E-state index in [1.807, 2.05) is 54.6 Å². The second-order valence-corrected chi connectivity index (χ2v) is 7.73. The van der Waals surface area contributed by atoms with Crippen molar-refractivity contribution in [1.29, 1.82) is 0 Å². The molecule has 1 atom stereocenters. The van der Waals surface area contributed by atoms with E-state index < -0.39 is 24.3 Å². The van der Waals surface area contributed by atoms with E-state index in [9.17, 15) is 14.0 Å². The highest BCUT2D eigenvalue weighted by Crippen LogP contribution is 2.33. The zero-order valence-electron chi connectivity index (χ0n) is 16.7. The lowest BCUT2D eigenvalue weighted by Crippen LogP contribution is -2.31. The first-order valence-corrected chi connectivity index (χ1v) is 10.4. The number of thiophene rings is 1. The molecule has 1 amide bonds.